The van der Waals surface area contributed by atoms with Gasteiger partial charge in [-0.2, -0.15) is 0 Å². The van der Waals surface area contributed by atoms with Crippen LogP contribution in [0.1, 0.15) is 36.9 Å². The normalized spacial score (nSPS) is 22.1. The van der Waals surface area contributed by atoms with E-state index in [0.29, 0.717) is 6.54 Å². The molecule has 0 amide bonds. The number of hydrogen-bond acceptors (Lipinski definition) is 3. The van der Waals surface area contributed by atoms with Crippen LogP contribution in [0.25, 0.3) is 0 Å². The van der Waals surface area contributed by atoms with Crippen LogP contribution >= 0.6 is 0 Å². The lowest BCUT2D eigenvalue weighted by Gasteiger charge is -2.25. The molecule has 1 heterocycles. The third-order valence-corrected chi connectivity index (χ3v) is 5.65. The number of rotatable bonds is 4. The summed E-state index contributed by atoms with van der Waals surface area (Å²) in [5, 5.41) is 2.83. The van der Waals surface area contributed by atoms with Crippen molar-refractivity contribution >= 4 is 10.0 Å². The van der Waals surface area contributed by atoms with Gasteiger partial charge in [0.2, 0.25) is 10.0 Å². The van der Waals surface area contributed by atoms with Crippen molar-refractivity contribution in [2.24, 2.45) is 0 Å². The topological polar surface area (TPSA) is 58.2 Å². The van der Waals surface area contributed by atoms with Gasteiger partial charge in [0.15, 0.2) is 0 Å². The van der Waals surface area contributed by atoms with E-state index in [4.69, 9.17) is 0 Å². The largest absolute Gasteiger partial charge is 0.315 e. The zero-order valence-electron chi connectivity index (χ0n) is 11.5. The van der Waals surface area contributed by atoms with Crippen molar-refractivity contribution in [1.82, 2.24) is 10.0 Å². The SMILES string of the molecule is Cc1ccccc1C(C)NS(=O)(=O)C1CCCNC1. The van der Waals surface area contributed by atoms with Gasteiger partial charge in [-0.1, -0.05) is 24.3 Å². The van der Waals surface area contributed by atoms with Gasteiger partial charge in [0, 0.05) is 12.6 Å². The Bertz CT molecular complexity index is 522. The average molecular weight is 282 g/mol. The Balaban J connectivity index is 2.09. The first-order valence-electron chi connectivity index (χ1n) is 6.78. The molecule has 0 spiro atoms. The summed E-state index contributed by atoms with van der Waals surface area (Å²) in [5.74, 6) is 0. The minimum atomic E-state index is -3.26. The highest BCUT2D eigenvalue weighted by Crippen LogP contribution is 2.20. The van der Waals surface area contributed by atoms with Crippen molar-refractivity contribution in [3.63, 3.8) is 0 Å². The lowest BCUT2D eigenvalue weighted by Crippen LogP contribution is -2.44. The fourth-order valence-electron chi connectivity index (χ4n) is 2.56. The van der Waals surface area contributed by atoms with E-state index in [1.54, 1.807) is 0 Å². The quantitative estimate of drug-likeness (QED) is 0.884. The number of aryl methyl sites for hydroxylation is 1. The molecule has 0 saturated carbocycles. The first-order valence-corrected chi connectivity index (χ1v) is 8.33. The Kier molecular flexibility index (Phi) is 4.60. The van der Waals surface area contributed by atoms with Crippen LogP contribution in [-0.4, -0.2) is 26.8 Å². The first-order chi connectivity index (χ1) is 9.00. The maximum Gasteiger partial charge on any atom is 0.216 e. The predicted molar refractivity (Wildman–Crippen MR) is 77.5 cm³/mol. The molecule has 2 atom stereocenters. The molecule has 5 heteroatoms. The maximum atomic E-state index is 12.3. The summed E-state index contributed by atoms with van der Waals surface area (Å²) in [6.07, 6.45) is 1.66. The van der Waals surface area contributed by atoms with Crippen molar-refractivity contribution < 1.29 is 8.42 Å². The molecule has 106 valence electrons. The van der Waals surface area contributed by atoms with Gasteiger partial charge in [-0.25, -0.2) is 13.1 Å². The van der Waals surface area contributed by atoms with Gasteiger partial charge in [-0.15, -0.1) is 0 Å². The molecule has 2 N–H and O–H groups in total. The summed E-state index contributed by atoms with van der Waals surface area (Å²) >= 11 is 0. The third kappa shape index (κ3) is 3.55. The second-order valence-electron chi connectivity index (χ2n) is 5.21. The molecule has 0 bridgehead atoms. The van der Waals surface area contributed by atoms with Crippen molar-refractivity contribution in [2.45, 2.75) is 38.0 Å². The molecule has 0 aliphatic carbocycles. The fraction of sp³-hybridized carbons (Fsp3) is 0.571. The summed E-state index contributed by atoms with van der Waals surface area (Å²) in [7, 11) is -3.26. The van der Waals surface area contributed by atoms with E-state index >= 15 is 0 Å². The number of piperidine rings is 1. The first kappa shape index (κ1) is 14.5. The van der Waals surface area contributed by atoms with Crippen molar-refractivity contribution in [2.75, 3.05) is 13.1 Å². The molecule has 1 aliphatic heterocycles. The average Bonchev–Trinajstić information content (AvgIpc) is 2.39. The van der Waals surface area contributed by atoms with Crippen LogP contribution < -0.4 is 10.0 Å². The van der Waals surface area contributed by atoms with Gasteiger partial charge >= 0.3 is 0 Å². The van der Waals surface area contributed by atoms with Crippen LogP contribution in [0.3, 0.4) is 0 Å². The van der Waals surface area contributed by atoms with E-state index in [1.165, 1.54) is 0 Å². The standard InChI is InChI=1S/C14H22N2O2S/c1-11-6-3-4-8-14(11)12(2)16-19(17,18)13-7-5-9-15-10-13/h3-4,6,8,12-13,15-16H,5,7,9-10H2,1-2H3. The predicted octanol–water partition coefficient (Wildman–Crippen LogP) is 1.73. The van der Waals surface area contributed by atoms with E-state index in [-0.39, 0.29) is 11.3 Å². The molecule has 2 unspecified atom stereocenters. The number of sulfonamides is 1. The molecule has 1 aromatic rings. The van der Waals surface area contributed by atoms with Gasteiger partial charge in [0.25, 0.3) is 0 Å². The van der Waals surface area contributed by atoms with Crippen LogP contribution in [-0.2, 0) is 10.0 Å². The monoisotopic (exact) mass is 282 g/mol. The molecule has 4 nitrogen and oxygen atoms in total. The second-order valence-corrected chi connectivity index (χ2v) is 7.20. The van der Waals surface area contributed by atoms with E-state index < -0.39 is 10.0 Å². The summed E-state index contributed by atoms with van der Waals surface area (Å²) in [5.41, 5.74) is 2.15. The number of benzene rings is 1. The maximum absolute atomic E-state index is 12.3. The summed E-state index contributed by atoms with van der Waals surface area (Å²) in [6.45, 7) is 5.37. The highest BCUT2D eigenvalue weighted by molar-refractivity contribution is 7.90. The van der Waals surface area contributed by atoms with Crippen LogP contribution in [0.5, 0.6) is 0 Å². The molecule has 1 aliphatic rings. The minimum Gasteiger partial charge on any atom is -0.315 e. The zero-order chi connectivity index (χ0) is 13.9. The van der Waals surface area contributed by atoms with Crippen LogP contribution in [0.4, 0.5) is 0 Å². The Labute approximate surface area is 115 Å². The van der Waals surface area contributed by atoms with Crippen molar-refractivity contribution in [3.05, 3.63) is 35.4 Å². The van der Waals surface area contributed by atoms with Crippen molar-refractivity contribution in [3.8, 4) is 0 Å². The van der Waals surface area contributed by atoms with E-state index in [2.05, 4.69) is 10.0 Å². The van der Waals surface area contributed by atoms with Gasteiger partial charge < -0.3 is 5.32 Å². The lowest BCUT2D eigenvalue weighted by molar-refractivity contribution is 0.485. The Morgan fingerprint density at radius 1 is 1.37 bits per heavy atom. The molecule has 0 aromatic heterocycles. The molecule has 19 heavy (non-hydrogen) atoms. The highest BCUT2D eigenvalue weighted by atomic mass is 32.2. The summed E-state index contributed by atoms with van der Waals surface area (Å²) < 4.78 is 27.5. The number of hydrogen-bond donors (Lipinski definition) is 2. The molecule has 1 saturated heterocycles. The van der Waals surface area contributed by atoms with E-state index in [0.717, 1.165) is 30.5 Å². The molecule has 2 rings (SSSR count). The van der Waals surface area contributed by atoms with Gasteiger partial charge in [-0.3, -0.25) is 0 Å². The minimum absolute atomic E-state index is 0.187. The van der Waals surface area contributed by atoms with E-state index in [1.807, 2.05) is 38.1 Å². The fourth-order valence-corrected chi connectivity index (χ4v) is 4.19. The molecule has 1 fully saturated rings. The zero-order valence-corrected chi connectivity index (χ0v) is 12.3. The van der Waals surface area contributed by atoms with Gasteiger partial charge in [-0.05, 0) is 44.4 Å². The Morgan fingerprint density at radius 2 is 2.11 bits per heavy atom. The Morgan fingerprint density at radius 3 is 2.74 bits per heavy atom. The molecular weight excluding hydrogens is 260 g/mol. The molecule has 1 aromatic carbocycles. The smallest absolute Gasteiger partial charge is 0.216 e. The van der Waals surface area contributed by atoms with Gasteiger partial charge in [0.05, 0.1) is 5.25 Å². The van der Waals surface area contributed by atoms with Crippen molar-refractivity contribution in [1.29, 1.82) is 0 Å². The summed E-state index contributed by atoms with van der Waals surface area (Å²) in [4.78, 5) is 0. The third-order valence-electron chi connectivity index (χ3n) is 3.69. The van der Waals surface area contributed by atoms with Crippen LogP contribution in [0.2, 0.25) is 0 Å². The second kappa shape index (κ2) is 6.03. The Hall–Kier alpha value is -0.910. The summed E-state index contributed by atoms with van der Waals surface area (Å²) in [6, 6.07) is 7.69. The highest BCUT2D eigenvalue weighted by Gasteiger charge is 2.28. The molecule has 0 radical (unpaired) electrons. The molecular formula is C14H22N2O2S. The van der Waals surface area contributed by atoms with E-state index in [9.17, 15) is 8.42 Å². The lowest BCUT2D eigenvalue weighted by atomic mass is 10.0. The van der Waals surface area contributed by atoms with Crippen LogP contribution in [0, 0.1) is 6.92 Å². The van der Waals surface area contributed by atoms with Crippen LogP contribution in [0.15, 0.2) is 24.3 Å². The number of nitrogens with one attached hydrogen (secondary N) is 2. The van der Waals surface area contributed by atoms with Gasteiger partial charge in [0.1, 0.15) is 0 Å².